The fourth-order valence-corrected chi connectivity index (χ4v) is 2.31. The highest BCUT2D eigenvalue weighted by Crippen LogP contribution is 2.21. The number of nitrogens with zero attached hydrogens (tertiary/aromatic N) is 1. The van der Waals surface area contributed by atoms with E-state index in [2.05, 4.69) is 18.1 Å². The van der Waals surface area contributed by atoms with Crippen LogP contribution in [0.1, 0.15) is 12.0 Å². The van der Waals surface area contributed by atoms with Crippen LogP contribution in [0, 0.1) is 17.5 Å². The average molecular weight is 297 g/mol. The largest absolute Gasteiger partial charge is 0.378 e. The van der Waals surface area contributed by atoms with Gasteiger partial charge in [-0.25, -0.2) is 13.2 Å². The van der Waals surface area contributed by atoms with Crippen LogP contribution in [0.4, 0.5) is 13.2 Å². The average Bonchev–Trinajstić information content (AvgIpc) is 2.45. The summed E-state index contributed by atoms with van der Waals surface area (Å²) >= 11 is 0. The van der Waals surface area contributed by atoms with Crippen LogP contribution in [0.15, 0.2) is 36.6 Å². The van der Waals surface area contributed by atoms with E-state index >= 15 is 0 Å². The van der Waals surface area contributed by atoms with Crippen molar-refractivity contribution in [1.82, 2.24) is 4.90 Å². The Morgan fingerprint density at radius 1 is 1.05 bits per heavy atom. The van der Waals surface area contributed by atoms with E-state index in [0.29, 0.717) is 31.3 Å². The fraction of sp³-hybridized carbons (Fsp3) is 0.375. The summed E-state index contributed by atoms with van der Waals surface area (Å²) in [5.41, 5.74) is 1.69. The molecule has 1 aliphatic heterocycles. The first-order valence-electron chi connectivity index (χ1n) is 6.78. The summed E-state index contributed by atoms with van der Waals surface area (Å²) in [6.07, 6.45) is 0.658. The van der Waals surface area contributed by atoms with Gasteiger partial charge in [0.05, 0.1) is 13.2 Å². The number of ether oxygens (including phenoxy) is 1. The monoisotopic (exact) mass is 297 g/mol. The highest BCUT2D eigenvalue weighted by Gasteiger charge is 2.15. The van der Waals surface area contributed by atoms with Gasteiger partial charge in [-0.2, -0.15) is 0 Å². The van der Waals surface area contributed by atoms with Gasteiger partial charge in [0.2, 0.25) is 0 Å². The molecular formula is C16H18F3NO. The van der Waals surface area contributed by atoms with Crippen LogP contribution in [0.5, 0.6) is 0 Å². The van der Waals surface area contributed by atoms with Gasteiger partial charge in [0, 0.05) is 31.3 Å². The minimum Gasteiger partial charge on any atom is -0.378 e. The van der Waals surface area contributed by atoms with Crippen molar-refractivity contribution in [3.63, 3.8) is 0 Å². The van der Waals surface area contributed by atoms with Gasteiger partial charge >= 0.3 is 0 Å². The van der Waals surface area contributed by atoms with Crippen molar-refractivity contribution in [1.29, 1.82) is 0 Å². The second-order valence-electron chi connectivity index (χ2n) is 5.13. The number of morpholine rings is 1. The molecule has 1 saturated heterocycles. The maximum Gasteiger partial charge on any atom is 0.161 e. The smallest absolute Gasteiger partial charge is 0.161 e. The summed E-state index contributed by atoms with van der Waals surface area (Å²) in [6.45, 7) is 10.7. The van der Waals surface area contributed by atoms with E-state index in [9.17, 15) is 13.2 Å². The van der Waals surface area contributed by atoms with Crippen LogP contribution < -0.4 is 0 Å². The molecule has 2 nitrogen and oxygen atoms in total. The first-order valence-corrected chi connectivity index (χ1v) is 6.78. The first-order chi connectivity index (χ1) is 9.97. The van der Waals surface area contributed by atoms with Crippen molar-refractivity contribution in [2.45, 2.75) is 12.8 Å². The summed E-state index contributed by atoms with van der Waals surface area (Å²) in [4.78, 5) is 2.09. The maximum atomic E-state index is 13.6. The van der Waals surface area contributed by atoms with Gasteiger partial charge in [-0.3, -0.25) is 0 Å². The Labute approximate surface area is 122 Å². The van der Waals surface area contributed by atoms with E-state index in [1.54, 1.807) is 0 Å². The summed E-state index contributed by atoms with van der Waals surface area (Å²) in [5, 5.41) is 0. The molecule has 114 valence electrons. The zero-order valence-corrected chi connectivity index (χ0v) is 11.8. The van der Waals surface area contributed by atoms with Crippen molar-refractivity contribution in [3.8, 4) is 0 Å². The fourth-order valence-electron chi connectivity index (χ4n) is 2.31. The minimum atomic E-state index is -1.18. The Bertz CT molecular complexity index is 551. The Hall–Kier alpha value is -1.75. The van der Waals surface area contributed by atoms with E-state index in [4.69, 9.17) is 4.74 Å². The molecule has 0 bridgehead atoms. The normalized spacial score (nSPS) is 15.1. The molecule has 0 radical (unpaired) electrons. The Morgan fingerprint density at radius 2 is 1.67 bits per heavy atom. The molecular weight excluding hydrogens is 279 g/mol. The number of allylic oxidation sites excluding steroid dienone is 1. The minimum absolute atomic E-state index is 0.105. The van der Waals surface area contributed by atoms with E-state index in [-0.39, 0.29) is 12.0 Å². The van der Waals surface area contributed by atoms with Crippen molar-refractivity contribution in [2.24, 2.45) is 0 Å². The molecule has 5 heteroatoms. The lowest BCUT2D eigenvalue weighted by atomic mass is 10.0. The van der Waals surface area contributed by atoms with Crippen LogP contribution in [0.3, 0.4) is 0 Å². The summed E-state index contributed by atoms with van der Waals surface area (Å²) in [7, 11) is 0. The Morgan fingerprint density at radius 3 is 2.33 bits per heavy atom. The Balaban J connectivity index is 1.95. The number of rotatable bonds is 5. The predicted octanol–water partition coefficient (Wildman–Crippen LogP) is 3.44. The molecule has 0 amide bonds. The molecule has 2 rings (SSSR count). The van der Waals surface area contributed by atoms with Crippen molar-refractivity contribution in [3.05, 3.63) is 59.6 Å². The summed E-state index contributed by atoms with van der Waals surface area (Å²) in [6, 6.07) is 1.45. The maximum absolute atomic E-state index is 13.6. The van der Waals surface area contributed by atoms with Gasteiger partial charge in [0.15, 0.2) is 11.6 Å². The van der Waals surface area contributed by atoms with Gasteiger partial charge in [0.25, 0.3) is 0 Å². The zero-order valence-electron chi connectivity index (χ0n) is 11.8. The quantitative estimate of drug-likeness (QED) is 0.610. The number of benzene rings is 1. The van der Waals surface area contributed by atoms with Gasteiger partial charge < -0.3 is 9.64 Å². The van der Waals surface area contributed by atoms with E-state index in [1.807, 2.05) is 0 Å². The molecule has 1 fully saturated rings. The molecule has 0 aromatic heterocycles. The van der Waals surface area contributed by atoms with Gasteiger partial charge in [-0.1, -0.05) is 18.7 Å². The van der Waals surface area contributed by atoms with Crippen LogP contribution in [0.25, 0.3) is 0 Å². The zero-order chi connectivity index (χ0) is 15.4. The SMILES string of the molecule is C=C(CC(=C)N1CCOCC1)Cc1cc(F)c(F)cc1F. The standard InChI is InChI=1S/C16H18F3NO/c1-11(7-12(2)20-3-5-21-6-4-20)8-13-9-15(18)16(19)10-14(13)17/h9-10H,1-8H2. The lowest BCUT2D eigenvalue weighted by Gasteiger charge is -2.30. The summed E-state index contributed by atoms with van der Waals surface area (Å²) < 4.78 is 44.9. The molecule has 1 aromatic carbocycles. The Kier molecular flexibility index (Phi) is 5.07. The molecule has 21 heavy (non-hydrogen) atoms. The molecule has 0 atom stereocenters. The summed E-state index contributed by atoms with van der Waals surface area (Å²) in [5.74, 6) is -2.99. The third kappa shape index (κ3) is 4.11. The second kappa shape index (κ2) is 6.80. The third-order valence-electron chi connectivity index (χ3n) is 3.44. The van der Waals surface area contributed by atoms with Crippen molar-refractivity contribution < 1.29 is 17.9 Å². The molecule has 0 N–H and O–H groups in total. The van der Waals surface area contributed by atoms with Gasteiger partial charge in [0.1, 0.15) is 5.82 Å². The lowest BCUT2D eigenvalue weighted by Crippen LogP contribution is -2.35. The molecule has 0 saturated carbocycles. The van der Waals surface area contributed by atoms with E-state index < -0.39 is 17.5 Å². The van der Waals surface area contributed by atoms with Crippen LogP contribution in [0.2, 0.25) is 0 Å². The molecule has 1 aliphatic rings. The van der Waals surface area contributed by atoms with Crippen LogP contribution in [-0.4, -0.2) is 31.2 Å². The van der Waals surface area contributed by atoms with Gasteiger partial charge in [-0.15, -0.1) is 0 Å². The lowest BCUT2D eigenvalue weighted by molar-refractivity contribution is 0.0528. The second-order valence-corrected chi connectivity index (χ2v) is 5.13. The van der Waals surface area contributed by atoms with E-state index in [1.165, 1.54) is 0 Å². The van der Waals surface area contributed by atoms with Gasteiger partial charge in [-0.05, 0) is 18.1 Å². The molecule has 1 aromatic rings. The molecule has 0 spiro atoms. The molecule has 1 heterocycles. The van der Waals surface area contributed by atoms with E-state index in [0.717, 1.165) is 24.9 Å². The third-order valence-corrected chi connectivity index (χ3v) is 3.44. The van der Waals surface area contributed by atoms with Crippen LogP contribution in [-0.2, 0) is 11.2 Å². The predicted molar refractivity (Wildman–Crippen MR) is 75.3 cm³/mol. The van der Waals surface area contributed by atoms with Crippen LogP contribution >= 0.6 is 0 Å². The number of hydrogen-bond donors (Lipinski definition) is 0. The topological polar surface area (TPSA) is 12.5 Å². The van der Waals surface area contributed by atoms with Crippen molar-refractivity contribution in [2.75, 3.05) is 26.3 Å². The molecule has 0 unspecified atom stereocenters. The molecule has 0 aliphatic carbocycles. The highest BCUT2D eigenvalue weighted by molar-refractivity contribution is 5.26. The highest BCUT2D eigenvalue weighted by atomic mass is 19.2. The number of halogens is 3. The van der Waals surface area contributed by atoms with Crippen molar-refractivity contribution >= 4 is 0 Å². The first kappa shape index (κ1) is 15.6. The number of hydrogen-bond acceptors (Lipinski definition) is 2.